The zero-order chi connectivity index (χ0) is 24.4. The molecule has 1 atom stereocenters. The zero-order valence-corrected chi connectivity index (χ0v) is 19.6. The van der Waals surface area contributed by atoms with E-state index in [1.807, 2.05) is 30.3 Å². The van der Waals surface area contributed by atoms with Crippen molar-refractivity contribution in [1.29, 1.82) is 0 Å². The number of nitrogens with one attached hydrogen (secondary N) is 1. The maximum absolute atomic E-state index is 12.8. The van der Waals surface area contributed by atoms with Crippen LogP contribution in [0.4, 0.5) is 11.4 Å². The van der Waals surface area contributed by atoms with Gasteiger partial charge in [-0.15, -0.1) is 0 Å². The Kier molecular flexibility index (Phi) is 6.59. The van der Waals surface area contributed by atoms with Crippen LogP contribution in [0.15, 0.2) is 42.5 Å². The fourth-order valence-corrected chi connectivity index (χ4v) is 4.91. The summed E-state index contributed by atoms with van der Waals surface area (Å²) >= 11 is 0. The molecule has 0 spiro atoms. The minimum atomic E-state index is -0.420. The highest BCUT2D eigenvalue weighted by Crippen LogP contribution is 2.37. The van der Waals surface area contributed by atoms with Gasteiger partial charge in [0.2, 0.25) is 24.5 Å². The molecule has 2 aromatic carbocycles. The van der Waals surface area contributed by atoms with Crippen molar-refractivity contribution in [3.8, 4) is 11.5 Å². The minimum absolute atomic E-state index is 0.00778. The zero-order valence-electron chi connectivity index (χ0n) is 19.6. The summed E-state index contributed by atoms with van der Waals surface area (Å²) in [6, 6.07) is 13.2. The number of carbonyl (C=O) groups is 3. The molecule has 3 N–H and O–H groups in total. The number of anilines is 2. The molecular weight excluding hydrogens is 448 g/mol. The number of hydrogen-bond acceptors (Lipinski definition) is 6. The Balaban J connectivity index is 1.11. The van der Waals surface area contributed by atoms with Gasteiger partial charge in [-0.05, 0) is 62.2 Å². The van der Waals surface area contributed by atoms with Crippen LogP contribution in [0.25, 0.3) is 0 Å². The second-order valence-electron chi connectivity index (χ2n) is 9.40. The first-order chi connectivity index (χ1) is 17.0. The Hall–Kier alpha value is -3.59. The van der Waals surface area contributed by atoms with E-state index in [9.17, 15) is 14.4 Å². The molecule has 35 heavy (non-hydrogen) atoms. The van der Waals surface area contributed by atoms with Gasteiger partial charge in [0, 0.05) is 42.9 Å². The number of amides is 3. The summed E-state index contributed by atoms with van der Waals surface area (Å²) in [7, 11) is 0. The average Bonchev–Trinajstić information content (AvgIpc) is 3.50. The van der Waals surface area contributed by atoms with E-state index in [-0.39, 0.29) is 36.9 Å². The maximum atomic E-state index is 12.8. The van der Waals surface area contributed by atoms with Crippen molar-refractivity contribution >= 4 is 29.1 Å². The van der Waals surface area contributed by atoms with E-state index in [2.05, 4.69) is 10.2 Å². The Bertz CT molecular complexity index is 1110. The third-order valence-corrected chi connectivity index (χ3v) is 7.09. The van der Waals surface area contributed by atoms with Gasteiger partial charge in [-0.25, -0.2) is 0 Å². The lowest BCUT2D eigenvalue weighted by molar-refractivity contribution is -0.123. The molecule has 3 aliphatic rings. The van der Waals surface area contributed by atoms with Gasteiger partial charge in [-0.2, -0.15) is 0 Å². The van der Waals surface area contributed by atoms with Gasteiger partial charge in [0.05, 0.1) is 5.92 Å². The molecule has 0 saturated carbocycles. The Labute approximate surface area is 204 Å². The molecule has 0 radical (unpaired) electrons. The fraction of sp³-hybridized carbons (Fsp3) is 0.423. The quantitative estimate of drug-likeness (QED) is 0.630. The highest BCUT2D eigenvalue weighted by atomic mass is 16.7. The van der Waals surface area contributed by atoms with Crippen LogP contribution in [-0.2, 0) is 20.8 Å². The molecule has 2 saturated heterocycles. The molecule has 0 aromatic heterocycles. The molecule has 184 valence electrons. The first-order valence-electron chi connectivity index (χ1n) is 12.1. The SMILES string of the molecule is NC(=O)C1CCN(CCc2ccc(NC(=O)[C@H]3CC(=O)N(c4ccc5c(c4)OCO5)C3)cc2)CC1. The molecule has 3 heterocycles. The van der Waals surface area contributed by atoms with Crippen LogP contribution in [-0.4, -0.2) is 55.6 Å². The number of fused-ring (bicyclic) bond motifs is 1. The number of rotatable bonds is 7. The summed E-state index contributed by atoms with van der Waals surface area (Å²) in [5.41, 5.74) is 8.02. The summed E-state index contributed by atoms with van der Waals surface area (Å²) in [5.74, 6) is 0.421. The number of piperidine rings is 1. The van der Waals surface area contributed by atoms with Gasteiger partial charge >= 0.3 is 0 Å². The lowest BCUT2D eigenvalue weighted by Crippen LogP contribution is -2.39. The fourth-order valence-electron chi connectivity index (χ4n) is 4.91. The lowest BCUT2D eigenvalue weighted by Gasteiger charge is -2.30. The van der Waals surface area contributed by atoms with E-state index in [1.165, 1.54) is 5.56 Å². The van der Waals surface area contributed by atoms with E-state index < -0.39 is 5.92 Å². The summed E-state index contributed by atoms with van der Waals surface area (Å²) in [6.07, 6.45) is 2.73. The molecule has 0 bridgehead atoms. The predicted molar refractivity (Wildman–Crippen MR) is 130 cm³/mol. The van der Waals surface area contributed by atoms with E-state index in [0.717, 1.165) is 44.6 Å². The molecule has 2 fully saturated rings. The van der Waals surface area contributed by atoms with E-state index in [0.29, 0.717) is 23.7 Å². The van der Waals surface area contributed by atoms with Crippen LogP contribution in [0, 0.1) is 11.8 Å². The van der Waals surface area contributed by atoms with Crippen LogP contribution < -0.4 is 25.4 Å². The Morgan fingerprint density at radius 3 is 2.49 bits per heavy atom. The number of hydrogen-bond donors (Lipinski definition) is 2. The molecule has 0 aliphatic carbocycles. The summed E-state index contributed by atoms with van der Waals surface area (Å²) in [6.45, 7) is 3.22. The monoisotopic (exact) mass is 478 g/mol. The predicted octanol–water partition coefficient (Wildman–Crippen LogP) is 2.15. The third-order valence-electron chi connectivity index (χ3n) is 7.09. The summed E-state index contributed by atoms with van der Waals surface area (Å²) < 4.78 is 10.7. The second-order valence-corrected chi connectivity index (χ2v) is 9.40. The van der Waals surface area contributed by atoms with Gasteiger partial charge in [0.15, 0.2) is 11.5 Å². The smallest absolute Gasteiger partial charge is 0.231 e. The van der Waals surface area contributed by atoms with Gasteiger partial charge in [0.1, 0.15) is 0 Å². The molecule has 3 amide bonds. The number of primary amides is 1. The number of likely N-dealkylation sites (tertiary alicyclic amines) is 1. The molecule has 3 aliphatic heterocycles. The van der Waals surface area contributed by atoms with Crippen molar-refractivity contribution < 1.29 is 23.9 Å². The summed E-state index contributed by atoms with van der Waals surface area (Å²) in [4.78, 5) is 40.7. The standard InChI is InChI=1S/C26H30N4O5/c27-25(32)18-8-11-29(12-9-18)10-7-17-1-3-20(4-2-17)28-26(33)19-13-24(31)30(15-19)21-5-6-22-23(14-21)35-16-34-22/h1-6,14,18-19H,7-13,15-16H2,(H2,27,32)(H,28,33)/t19-/m0/s1. The van der Waals surface area contributed by atoms with Crippen LogP contribution in [0.1, 0.15) is 24.8 Å². The van der Waals surface area contributed by atoms with Gasteiger partial charge in [-0.1, -0.05) is 12.1 Å². The van der Waals surface area contributed by atoms with E-state index >= 15 is 0 Å². The normalized spacial score (nSPS) is 20.3. The van der Waals surface area contributed by atoms with Crippen LogP contribution >= 0.6 is 0 Å². The van der Waals surface area contributed by atoms with Crippen molar-refractivity contribution in [2.75, 3.05) is 43.2 Å². The van der Waals surface area contributed by atoms with Crippen molar-refractivity contribution in [3.63, 3.8) is 0 Å². The van der Waals surface area contributed by atoms with Crippen LogP contribution in [0.3, 0.4) is 0 Å². The van der Waals surface area contributed by atoms with Crippen molar-refractivity contribution in [2.24, 2.45) is 17.6 Å². The van der Waals surface area contributed by atoms with Crippen molar-refractivity contribution in [3.05, 3.63) is 48.0 Å². The molecular formula is C26H30N4O5. The van der Waals surface area contributed by atoms with Crippen LogP contribution in [0.2, 0.25) is 0 Å². The highest BCUT2D eigenvalue weighted by molar-refractivity contribution is 6.03. The number of benzene rings is 2. The molecule has 2 aromatic rings. The maximum Gasteiger partial charge on any atom is 0.231 e. The van der Waals surface area contributed by atoms with Crippen LogP contribution in [0.5, 0.6) is 11.5 Å². The number of ether oxygens (including phenoxy) is 2. The first kappa shape index (κ1) is 23.2. The Morgan fingerprint density at radius 1 is 1.00 bits per heavy atom. The van der Waals surface area contributed by atoms with Crippen molar-refractivity contribution in [2.45, 2.75) is 25.7 Å². The minimum Gasteiger partial charge on any atom is -0.454 e. The van der Waals surface area contributed by atoms with Gasteiger partial charge in [-0.3, -0.25) is 14.4 Å². The number of nitrogens with two attached hydrogens (primary N) is 1. The van der Waals surface area contributed by atoms with E-state index in [4.69, 9.17) is 15.2 Å². The summed E-state index contributed by atoms with van der Waals surface area (Å²) in [5, 5.41) is 2.95. The lowest BCUT2D eigenvalue weighted by atomic mass is 9.96. The number of nitrogens with zero attached hydrogens (tertiary/aromatic N) is 2. The Morgan fingerprint density at radius 2 is 1.74 bits per heavy atom. The largest absolute Gasteiger partial charge is 0.454 e. The third kappa shape index (κ3) is 5.24. The number of carbonyl (C=O) groups excluding carboxylic acids is 3. The van der Waals surface area contributed by atoms with Gasteiger partial charge in [0.25, 0.3) is 0 Å². The second kappa shape index (κ2) is 9.95. The average molecular weight is 479 g/mol. The van der Waals surface area contributed by atoms with E-state index in [1.54, 1.807) is 17.0 Å². The highest BCUT2D eigenvalue weighted by Gasteiger charge is 2.35. The molecule has 0 unspecified atom stereocenters. The van der Waals surface area contributed by atoms with Crippen molar-refractivity contribution in [1.82, 2.24) is 4.90 Å². The molecule has 5 rings (SSSR count). The molecule has 9 nitrogen and oxygen atoms in total. The molecule has 9 heteroatoms. The first-order valence-corrected chi connectivity index (χ1v) is 12.1. The van der Waals surface area contributed by atoms with Gasteiger partial charge < -0.3 is 30.3 Å². The topological polar surface area (TPSA) is 114 Å².